The van der Waals surface area contributed by atoms with Crippen molar-refractivity contribution in [2.24, 2.45) is 0 Å². The van der Waals surface area contributed by atoms with Crippen LogP contribution >= 0.6 is 0 Å². The smallest absolute Gasteiger partial charge is 0.165 e. The summed E-state index contributed by atoms with van der Waals surface area (Å²) >= 11 is 0. The molecule has 0 saturated heterocycles. The van der Waals surface area contributed by atoms with E-state index in [1.807, 2.05) is 18.2 Å². The lowest BCUT2D eigenvalue weighted by Gasteiger charge is -2.18. The first-order valence-corrected chi connectivity index (χ1v) is 6.38. The number of nitrogens with one attached hydrogen (secondary N) is 1. The van der Waals surface area contributed by atoms with Gasteiger partial charge in [0.05, 0.1) is 0 Å². The molecule has 0 spiro atoms. The van der Waals surface area contributed by atoms with Crippen molar-refractivity contribution >= 4 is 0 Å². The molecule has 3 nitrogen and oxygen atoms in total. The fourth-order valence-electron chi connectivity index (χ4n) is 2.14. The molecule has 18 heavy (non-hydrogen) atoms. The summed E-state index contributed by atoms with van der Waals surface area (Å²) in [6.07, 6.45) is 2.78. The number of benzene rings is 1. The van der Waals surface area contributed by atoms with Crippen LogP contribution in [0.25, 0.3) is 0 Å². The molecule has 98 valence electrons. The number of para-hydroxylation sites is 1. The van der Waals surface area contributed by atoms with Crippen LogP contribution in [-0.4, -0.2) is 25.3 Å². The molecule has 0 aromatic heterocycles. The van der Waals surface area contributed by atoms with Gasteiger partial charge in [-0.05, 0) is 19.9 Å². The topological polar surface area (TPSA) is 30.5 Å². The van der Waals surface area contributed by atoms with Crippen LogP contribution in [0.2, 0.25) is 0 Å². The van der Waals surface area contributed by atoms with Crippen molar-refractivity contribution in [3.05, 3.63) is 36.4 Å². The predicted molar refractivity (Wildman–Crippen MR) is 73.4 cm³/mol. The fraction of sp³-hybridized carbons (Fsp3) is 0.467. The lowest BCUT2D eigenvalue weighted by molar-refractivity contribution is 0.132. The highest BCUT2D eigenvalue weighted by Gasteiger charge is 2.32. The number of rotatable bonds is 6. The molecule has 1 heterocycles. The normalized spacial score (nSPS) is 15.9. The van der Waals surface area contributed by atoms with Crippen LogP contribution in [0.1, 0.15) is 19.4 Å². The second-order valence-corrected chi connectivity index (χ2v) is 5.12. The van der Waals surface area contributed by atoms with Gasteiger partial charge in [0.25, 0.3) is 0 Å². The summed E-state index contributed by atoms with van der Waals surface area (Å²) in [7, 11) is 0. The molecule has 0 bridgehead atoms. The number of fused-ring (bicyclic) bond motifs is 1. The highest BCUT2D eigenvalue weighted by molar-refractivity contribution is 5.50. The summed E-state index contributed by atoms with van der Waals surface area (Å²) in [5.74, 6) is 1.75. The van der Waals surface area contributed by atoms with Gasteiger partial charge in [-0.2, -0.15) is 0 Å². The lowest BCUT2D eigenvalue weighted by Crippen LogP contribution is -2.25. The largest absolute Gasteiger partial charge is 0.488 e. The first kappa shape index (κ1) is 13.0. The number of ether oxygens (including phenoxy) is 2. The van der Waals surface area contributed by atoms with Gasteiger partial charge in [0.2, 0.25) is 0 Å². The lowest BCUT2D eigenvalue weighted by atomic mass is 10.0. The quantitative estimate of drug-likeness (QED) is 0.619. The van der Waals surface area contributed by atoms with E-state index in [1.54, 1.807) is 0 Å². The fourth-order valence-corrected chi connectivity index (χ4v) is 2.14. The average molecular weight is 247 g/mol. The molecule has 1 aromatic carbocycles. The third-order valence-corrected chi connectivity index (χ3v) is 2.88. The molecule has 0 radical (unpaired) electrons. The molecule has 1 aliphatic rings. The molecule has 3 heteroatoms. The summed E-state index contributed by atoms with van der Waals surface area (Å²) in [5, 5.41) is 3.21. The van der Waals surface area contributed by atoms with Crippen LogP contribution in [0.15, 0.2) is 30.9 Å². The Balaban J connectivity index is 1.95. The van der Waals surface area contributed by atoms with Crippen molar-refractivity contribution in [2.45, 2.75) is 25.9 Å². The van der Waals surface area contributed by atoms with E-state index in [2.05, 4.69) is 31.8 Å². The van der Waals surface area contributed by atoms with E-state index in [9.17, 15) is 0 Å². The Kier molecular flexibility index (Phi) is 3.92. The number of hydrogen-bond acceptors (Lipinski definition) is 3. The Morgan fingerprint density at radius 2 is 2.33 bits per heavy atom. The van der Waals surface area contributed by atoms with E-state index in [4.69, 9.17) is 9.47 Å². The van der Waals surface area contributed by atoms with Crippen LogP contribution < -0.4 is 14.8 Å². The molecular weight excluding hydrogens is 226 g/mol. The SMILES string of the molecule is C=CCNCCOc1cccc2c1OC(C)(C)C2. The highest BCUT2D eigenvalue weighted by atomic mass is 16.5. The van der Waals surface area contributed by atoms with Gasteiger partial charge in [-0.1, -0.05) is 18.2 Å². The monoisotopic (exact) mass is 247 g/mol. The summed E-state index contributed by atoms with van der Waals surface area (Å²) in [6, 6.07) is 6.09. The predicted octanol–water partition coefficient (Wildman–Crippen LogP) is 2.55. The van der Waals surface area contributed by atoms with E-state index in [-0.39, 0.29) is 5.60 Å². The minimum absolute atomic E-state index is 0.122. The van der Waals surface area contributed by atoms with E-state index in [0.717, 1.165) is 31.0 Å². The molecule has 0 atom stereocenters. The molecular formula is C15H21NO2. The third-order valence-electron chi connectivity index (χ3n) is 2.88. The van der Waals surface area contributed by atoms with Gasteiger partial charge in [0.15, 0.2) is 11.5 Å². The Morgan fingerprint density at radius 3 is 3.11 bits per heavy atom. The maximum absolute atomic E-state index is 5.94. The van der Waals surface area contributed by atoms with Gasteiger partial charge >= 0.3 is 0 Å². The Hall–Kier alpha value is -1.48. The maximum Gasteiger partial charge on any atom is 0.165 e. The van der Waals surface area contributed by atoms with E-state index >= 15 is 0 Å². The van der Waals surface area contributed by atoms with Crippen molar-refractivity contribution < 1.29 is 9.47 Å². The molecule has 0 fully saturated rings. The highest BCUT2D eigenvalue weighted by Crippen LogP contribution is 2.41. The van der Waals surface area contributed by atoms with Crippen molar-refractivity contribution in [1.29, 1.82) is 0 Å². The van der Waals surface area contributed by atoms with Gasteiger partial charge < -0.3 is 14.8 Å². The number of hydrogen-bond donors (Lipinski definition) is 1. The Bertz CT molecular complexity index is 427. The van der Waals surface area contributed by atoms with Crippen LogP contribution in [-0.2, 0) is 6.42 Å². The second-order valence-electron chi connectivity index (χ2n) is 5.12. The maximum atomic E-state index is 5.94. The van der Waals surface area contributed by atoms with Crippen molar-refractivity contribution in [3.63, 3.8) is 0 Å². The van der Waals surface area contributed by atoms with Gasteiger partial charge in [-0.25, -0.2) is 0 Å². The minimum Gasteiger partial charge on any atom is -0.488 e. The Labute approximate surface area is 109 Å². The molecule has 0 amide bonds. The van der Waals surface area contributed by atoms with Crippen molar-refractivity contribution in [1.82, 2.24) is 5.32 Å². The molecule has 0 aliphatic carbocycles. The molecule has 1 aliphatic heterocycles. The van der Waals surface area contributed by atoms with Gasteiger partial charge in [0.1, 0.15) is 12.2 Å². The third kappa shape index (κ3) is 3.05. The zero-order valence-corrected chi connectivity index (χ0v) is 11.2. The van der Waals surface area contributed by atoms with Gasteiger partial charge in [0, 0.05) is 25.1 Å². The first-order chi connectivity index (χ1) is 8.62. The Morgan fingerprint density at radius 1 is 1.50 bits per heavy atom. The van der Waals surface area contributed by atoms with Crippen LogP contribution in [0.4, 0.5) is 0 Å². The van der Waals surface area contributed by atoms with E-state index in [0.29, 0.717) is 6.61 Å². The summed E-state index contributed by atoms with van der Waals surface area (Å²) in [4.78, 5) is 0. The van der Waals surface area contributed by atoms with Crippen molar-refractivity contribution in [3.8, 4) is 11.5 Å². The standard InChI is InChI=1S/C15H21NO2/c1-4-8-16-9-10-17-13-7-5-6-12-11-15(2,3)18-14(12)13/h4-7,16H,1,8-11H2,2-3H3. The van der Waals surface area contributed by atoms with Gasteiger partial charge in [-0.3, -0.25) is 0 Å². The minimum atomic E-state index is -0.122. The molecule has 0 unspecified atom stereocenters. The first-order valence-electron chi connectivity index (χ1n) is 6.38. The molecule has 1 N–H and O–H groups in total. The summed E-state index contributed by atoms with van der Waals surface area (Å²) in [6.45, 7) is 10.1. The van der Waals surface area contributed by atoms with Crippen LogP contribution in [0, 0.1) is 0 Å². The second kappa shape index (κ2) is 5.44. The summed E-state index contributed by atoms with van der Waals surface area (Å²) in [5.41, 5.74) is 1.11. The molecule has 0 saturated carbocycles. The summed E-state index contributed by atoms with van der Waals surface area (Å²) < 4.78 is 11.7. The zero-order chi connectivity index (χ0) is 13.0. The van der Waals surface area contributed by atoms with Crippen LogP contribution in [0.3, 0.4) is 0 Å². The van der Waals surface area contributed by atoms with E-state index < -0.39 is 0 Å². The van der Waals surface area contributed by atoms with Gasteiger partial charge in [-0.15, -0.1) is 6.58 Å². The van der Waals surface area contributed by atoms with E-state index in [1.165, 1.54) is 5.56 Å². The average Bonchev–Trinajstić information content (AvgIpc) is 2.63. The molecule has 1 aromatic rings. The van der Waals surface area contributed by atoms with Crippen molar-refractivity contribution in [2.75, 3.05) is 19.7 Å². The zero-order valence-electron chi connectivity index (χ0n) is 11.2. The molecule has 2 rings (SSSR count). The van der Waals surface area contributed by atoms with Crippen LogP contribution in [0.5, 0.6) is 11.5 Å².